The third-order valence-electron chi connectivity index (χ3n) is 4.82. The normalized spacial score (nSPS) is 19.6. The highest BCUT2D eigenvalue weighted by atomic mass is 16.3. The number of rotatable bonds is 5. The van der Waals surface area contributed by atoms with Gasteiger partial charge in [0.2, 0.25) is 0 Å². The van der Waals surface area contributed by atoms with E-state index in [0.29, 0.717) is 23.7 Å². The van der Waals surface area contributed by atoms with E-state index in [1.165, 1.54) is 11.2 Å². The lowest BCUT2D eigenvalue weighted by molar-refractivity contribution is 0.0929. The Morgan fingerprint density at radius 3 is 2.76 bits per heavy atom. The zero-order chi connectivity index (χ0) is 17.8. The van der Waals surface area contributed by atoms with Crippen molar-refractivity contribution < 1.29 is 14.0 Å². The van der Waals surface area contributed by atoms with Crippen molar-refractivity contribution >= 4 is 17.5 Å². The summed E-state index contributed by atoms with van der Waals surface area (Å²) in [6.07, 6.45) is 4.51. The van der Waals surface area contributed by atoms with Gasteiger partial charge in [0.15, 0.2) is 5.76 Å². The number of carbonyl (C=O) groups excluding carboxylic acids is 2. The van der Waals surface area contributed by atoms with Crippen LogP contribution in [-0.4, -0.2) is 31.4 Å². The molecule has 1 saturated carbocycles. The number of para-hydroxylation sites is 1. The number of anilines is 1. The number of nitrogens with one attached hydrogen (secondary N) is 1. The minimum atomic E-state index is -0.300. The number of amides is 2. The van der Waals surface area contributed by atoms with Gasteiger partial charge in [0, 0.05) is 13.1 Å². The molecule has 1 heterocycles. The van der Waals surface area contributed by atoms with Crippen molar-refractivity contribution in [3.8, 4) is 0 Å². The maximum absolute atomic E-state index is 12.8. The van der Waals surface area contributed by atoms with E-state index in [9.17, 15) is 9.59 Å². The van der Waals surface area contributed by atoms with Gasteiger partial charge >= 0.3 is 0 Å². The number of nitrogens with two attached hydrogens (primary N) is 1. The molecule has 6 nitrogen and oxygen atoms in total. The topological polar surface area (TPSA) is 88.6 Å². The van der Waals surface area contributed by atoms with Gasteiger partial charge in [0.25, 0.3) is 11.8 Å². The van der Waals surface area contributed by atoms with Gasteiger partial charge in [-0.2, -0.15) is 0 Å². The minimum Gasteiger partial charge on any atom is -0.459 e. The van der Waals surface area contributed by atoms with Gasteiger partial charge < -0.3 is 20.4 Å². The molecule has 2 atom stereocenters. The van der Waals surface area contributed by atoms with Crippen molar-refractivity contribution in [1.82, 2.24) is 5.32 Å². The molecule has 6 heteroatoms. The van der Waals surface area contributed by atoms with Crippen LogP contribution in [0.25, 0.3) is 0 Å². The minimum absolute atomic E-state index is 0.0941. The summed E-state index contributed by atoms with van der Waals surface area (Å²) in [7, 11) is 1.63. The highest BCUT2D eigenvalue weighted by Gasteiger charge is 2.29. The fourth-order valence-electron chi connectivity index (χ4n) is 3.39. The Kier molecular flexibility index (Phi) is 5.19. The van der Waals surface area contributed by atoms with Crippen molar-refractivity contribution in [1.29, 1.82) is 0 Å². The molecule has 0 spiro atoms. The Bertz CT molecular complexity index is 742. The number of hydrogen-bond donors (Lipinski definition) is 2. The van der Waals surface area contributed by atoms with Crippen LogP contribution in [0, 0.1) is 5.92 Å². The van der Waals surface area contributed by atoms with Crippen molar-refractivity contribution in [2.45, 2.75) is 25.3 Å². The Balaban J connectivity index is 1.80. The van der Waals surface area contributed by atoms with Crippen LogP contribution < -0.4 is 16.0 Å². The molecule has 0 radical (unpaired) electrons. The number of furan rings is 1. The molecule has 0 bridgehead atoms. The van der Waals surface area contributed by atoms with Crippen LogP contribution in [0.4, 0.5) is 5.69 Å². The SMILES string of the molecule is CN(C(=O)c1ccco1)c1ccccc1C(=O)NC1CCCC1CN. The average Bonchev–Trinajstić information content (AvgIpc) is 3.32. The highest BCUT2D eigenvalue weighted by Crippen LogP contribution is 2.26. The molecule has 0 saturated heterocycles. The largest absolute Gasteiger partial charge is 0.459 e. The predicted octanol–water partition coefficient (Wildman–Crippen LogP) is 2.41. The average molecular weight is 341 g/mol. The van der Waals surface area contributed by atoms with Gasteiger partial charge in [-0.05, 0) is 49.6 Å². The van der Waals surface area contributed by atoms with Crippen LogP contribution in [0.15, 0.2) is 47.1 Å². The van der Waals surface area contributed by atoms with E-state index in [0.717, 1.165) is 19.3 Å². The van der Waals surface area contributed by atoms with Gasteiger partial charge in [-0.15, -0.1) is 0 Å². The lowest BCUT2D eigenvalue weighted by atomic mass is 10.0. The summed E-state index contributed by atoms with van der Waals surface area (Å²) in [5, 5.41) is 3.08. The summed E-state index contributed by atoms with van der Waals surface area (Å²) in [5.74, 6) is 0.0706. The van der Waals surface area contributed by atoms with Gasteiger partial charge in [-0.25, -0.2) is 0 Å². The van der Waals surface area contributed by atoms with Crippen molar-refractivity contribution in [3.05, 3.63) is 54.0 Å². The van der Waals surface area contributed by atoms with E-state index in [2.05, 4.69) is 5.32 Å². The standard InChI is InChI=1S/C19H23N3O3/c1-22(19(24)17-10-5-11-25-17)16-9-3-2-7-14(16)18(23)21-15-8-4-6-13(15)12-20/h2-3,5,7,9-11,13,15H,4,6,8,12,20H2,1H3,(H,21,23). The lowest BCUT2D eigenvalue weighted by Gasteiger charge is -2.23. The van der Waals surface area contributed by atoms with Gasteiger partial charge in [-0.1, -0.05) is 18.6 Å². The van der Waals surface area contributed by atoms with Crippen molar-refractivity contribution in [2.24, 2.45) is 11.7 Å². The van der Waals surface area contributed by atoms with Gasteiger partial charge in [-0.3, -0.25) is 9.59 Å². The molecule has 0 aliphatic heterocycles. The first-order chi connectivity index (χ1) is 12.1. The van der Waals surface area contributed by atoms with E-state index >= 15 is 0 Å². The Morgan fingerprint density at radius 2 is 2.04 bits per heavy atom. The van der Waals surface area contributed by atoms with E-state index < -0.39 is 0 Å². The van der Waals surface area contributed by atoms with Crippen LogP contribution in [0.5, 0.6) is 0 Å². The smallest absolute Gasteiger partial charge is 0.293 e. The molecule has 1 aliphatic carbocycles. The summed E-state index contributed by atoms with van der Waals surface area (Å²) in [5.41, 5.74) is 6.81. The Hall–Kier alpha value is -2.60. The second kappa shape index (κ2) is 7.53. The number of benzene rings is 1. The number of hydrogen-bond acceptors (Lipinski definition) is 4. The molecule has 1 fully saturated rings. The van der Waals surface area contributed by atoms with Crippen LogP contribution in [0.3, 0.4) is 0 Å². The summed E-state index contributed by atoms with van der Waals surface area (Å²) in [4.78, 5) is 26.7. The molecule has 2 unspecified atom stereocenters. The van der Waals surface area contributed by atoms with Crippen molar-refractivity contribution in [2.75, 3.05) is 18.5 Å². The first kappa shape index (κ1) is 17.2. The number of carbonyl (C=O) groups is 2. The first-order valence-corrected chi connectivity index (χ1v) is 8.53. The molecular weight excluding hydrogens is 318 g/mol. The summed E-state index contributed by atoms with van der Waals surface area (Å²) in [6.45, 7) is 0.573. The Labute approximate surface area is 147 Å². The molecule has 1 aromatic heterocycles. The van der Waals surface area contributed by atoms with Crippen LogP contribution in [-0.2, 0) is 0 Å². The third kappa shape index (κ3) is 3.58. The third-order valence-corrected chi connectivity index (χ3v) is 4.82. The maximum atomic E-state index is 12.8. The van der Waals surface area contributed by atoms with Gasteiger partial charge in [0.05, 0.1) is 17.5 Å². The molecule has 25 heavy (non-hydrogen) atoms. The highest BCUT2D eigenvalue weighted by molar-refractivity contribution is 6.09. The second-order valence-corrected chi connectivity index (χ2v) is 6.37. The summed E-state index contributed by atoms with van der Waals surface area (Å²) >= 11 is 0. The zero-order valence-corrected chi connectivity index (χ0v) is 14.3. The van der Waals surface area contributed by atoms with E-state index in [-0.39, 0.29) is 23.6 Å². The van der Waals surface area contributed by atoms with E-state index in [4.69, 9.17) is 10.2 Å². The molecule has 2 aromatic rings. The molecule has 3 N–H and O–H groups in total. The van der Waals surface area contributed by atoms with Crippen LogP contribution >= 0.6 is 0 Å². The Morgan fingerprint density at radius 1 is 1.24 bits per heavy atom. The molecule has 2 amide bonds. The van der Waals surface area contributed by atoms with Gasteiger partial charge in [0.1, 0.15) is 0 Å². The number of nitrogens with zero attached hydrogens (tertiary/aromatic N) is 1. The fraction of sp³-hybridized carbons (Fsp3) is 0.368. The maximum Gasteiger partial charge on any atom is 0.293 e. The lowest BCUT2D eigenvalue weighted by Crippen LogP contribution is -2.40. The van der Waals surface area contributed by atoms with Crippen molar-refractivity contribution in [3.63, 3.8) is 0 Å². The van der Waals surface area contributed by atoms with E-state index in [1.54, 1.807) is 43.4 Å². The molecule has 3 rings (SSSR count). The van der Waals surface area contributed by atoms with Crippen LogP contribution in [0.1, 0.15) is 40.2 Å². The fourth-order valence-corrected chi connectivity index (χ4v) is 3.39. The summed E-state index contributed by atoms with van der Waals surface area (Å²) < 4.78 is 5.17. The zero-order valence-electron chi connectivity index (χ0n) is 14.3. The molecule has 132 valence electrons. The monoisotopic (exact) mass is 341 g/mol. The molecule has 1 aliphatic rings. The summed E-state index contributed by atoms with van der Waals surface area (Å²) in [6, 6.07) is 10.4. The second-order valence-electron chi connectivity index (χ2n) is 6.37. The first-order valence-electron chi connectivity index (χ1n) is 8.53. The van der Waals surface area contributed by atoms with Crippen LogP contribution in [0.2, 0.25) is 0 Å². The van der Waals surface area contributed by atoms with E-state index in [1.807, 2.05) is 0 Å². The quantitative estimate of drug-likeness (QED) is 0.874. The predicted molar refractivity (Wildman–Crippen MR) is 95.5 cm³/mol. The molecule has 1 aromatic carbocycles. The molecular formula is C19H23N3O3.